The monoisotopic (exact) mass is 260 g/mol. The molecule has 1 N–H and O–H groups in total. The van der Waals surface area contributed by atoms with E-state index in [9.17, 15) is 0 Å². The average molecular weight is 260 g/mol. The fourth-order valence-electron chi connectivity index (χ4n) is 1.97. The van der Waals surface area contributed by atoms with Crippen molar-refractivity contribution in [3.05, 3.63) is 30.4 Å². The summed E-state index contributed by atoms with van der Waals surface area (Å²) in [5.41, 5.74) is 1.01. The Kier molecular flexibility index (Phi) is 3.95. The summed E-state index contributed by atoms with van der Waals surface area (Å²) in [6.45, 7) is 6.56. The number of hydrogen-bond acceptors (Lipinski definition) is 5. The van der Waals surface area contributed by atoms with Crippen LogP contribution in [-0.2, 0) is 6.42 Å². The van der Waals surface area contributed by atoms with E-state index in [0.29, 0.717) is 18.1 Å². The zero-order valence-corrected chi connectivity index (χ0v) is 11.8. The first-order valence-electron chi connectivity index (χ1n) is 6.41. The molecule has 0 aliphatic carbocycles. The van der Waals surface area contributed by atoms with Gasteiger partial charge in [0.15, 0.2) is 0 Å². The first kappa shape index (κ1) is 13.7. The number of pyridine rings is 1. The first-order valence-corrected chi connectivity index (χ1v) is 6.41. The van der Waals surface area contributed by atoms with E-state index in [1.807, 2.05) is 19.2 Å². The minimum absolute atomic E-state index is 0.137. The molecule has 0 bridgehead atoms. The molecule has 0 saturated heterocycles. The van der Waals surface area contributed by atoms with Gasteiger partial charge in [0.2, 0.25) is 11.7 Å². The number of aromatic nitrogens is 3. The molecule has 0 fully saturated rings. The molecular weight excluding hydrogens is 240 g/mol. The van der Waals surface area contributed by atoms with Crippen LogP contribution in [0.3, 0.4) is 0 Å². The summed E-state index contributed by atoms with van der Waals surface area (Å²) in [6.07, 6.45) is 4.17. The normalized spacial score (nSPS) is 13.5. The number of hydrogen-bond donors (Lipinski definition) is 1. The second-order valence-corrected chi connectivity index (χ2v) is 5.66. The van der Waals surface area contributed by atoms with Gasteiger partial charge in [-0.3, -0.25) is 4.98 Å². The van der Waals surface area contributed by atoms with Gasteiger partial charge in [0.05, 0.1) is 0 Å². The smallest absolute Gasteiger partial charge is 0.228 e. The van der Waals surface area contributed by atoms with Gasteiger partial charge < -0.3 is 9.84 Å². The molecule has 0 amide bonds. The Morgan fingerprint density at radius 1 is 1.37 bits per heavy atom. The predicted octanol–water partition coefficient (Wildman–Crippen LogP) is 2.31. The molecule has 0 spiro atoms. The molecule has 0 radical (unpaired) electrons. The fourth-order valence-corrected chi connectivity index (χ4v) is 1.97. The summed E-state index contributed by atoms with van der Waals surface area (Å²) in [4.78, 5) is 8.48. The lowest BCUT2D eigenvalue weighted by molar-refractivity contribution is 0.255. The molecule has 0 aliphatic rings. The van der Waals surface area contributed by atoms with E-state index in [-0.39, 0.29) is 11.5 Å². The van der Waals surface area contributed by atoms with Gasteiger partial charge in [-0.2, -0.15) is 4.98 Å². The van der Waals surface area contributed by atoms with Gasteiger partial charge in [0.25, 0.3) is 0 Å². The predicted molar refractivity (Wildman–Crippen MR) is 73.5 cm³/mol. The highest BCUT2D eigenvalue weighted by molar-refractivity contribution is 5.51. The largest absolute Gasteiger partial charge is 0.339 e. The molecule has 2 heterocycles. The zero-order chi connectivity index (χ0) is 13.9. The Morgan fingerprint density at radius 3 is 2.74 bits per heavy atom. The van der Waals surface area contributed by atoms with Gasteiger partial charge in [-0.1, -0.05) is 25.9 Å². The van der Waals surface area contributed by atoms with Crippen LogP contribution in [-0.4, -0.2) is 28.2 Å². The molecule has 2 aromatic rings. The first-order chi connectivity index (χ1) is 9.00. The van der Waals surface area contributed by atoms with Crippen molar-refractivity contribution in [1.82, 2.24) is 20.4 Å². The topological polar surface area (TPSA) is 63.8 Å². The maximum Gasteiger partial charge on any atom is 0.228 e. The SMILES string of the molecule is CNC(Cc1nc(-c2cccnc2)no1)C(C)(C)C. The van der Waals surface area contributed by atoms with Crippen LogP contribution in [0.2, 0.25) is 0 Å². The second-order valence-electron chi connectivity index (χ2n) is 5.66. The second kappa shape index (κ2) is 5.48. The number of likely N-dealkylation sites (N-methyl/N-ethyl adjacent to an activating group) is 1. The van der Waals surface area contributed by atoms with E-state index in [1.54, 1.807) is 12.4 Å². The summed E-state index contributed by atoms with van der Waals surface area (Å²) >= 11 is 0. The van der Waals surface area contributed by atoms with Gasteiger partial charge >= 0.3 is 0 Å². The third-order valence-electron chi connectivity index (χ3n) is 3.16. The van der Waals surface area contributed by atoms with Crippen LogP contribution in [0.25, 0.3) is 11.4 Å². The number of nitrogens with zero attached hydrogens (tertiary/aromatic N) is 3. The molecule has 2 rings (SSSR count). The lowest BCUT2D eigenvalue weighted by atomic mass is 9.85. The molecule has 2 aromatic heterocycles. The highest BCUT2D eigenvalue weighted by Crippen LogP contribution is 2.22. The Bertz CT molecular complexity index is 516. The van der Waals surface area contributed by atoms with Crippen molar-refractivity contribution in [1.29, 1.82) is 0 Å². The van der Waals surface area contributed by atoms with E-state index in [4.69, 9.17) is 4.52 Å². The summed E-state index contributed by atoms with van der Waals surface area (Å²) in [7, 11) is 1.95. The molecule has 5 heteroatoms. The van der Waals surface area contributed by atoms with Crippen LogP contribution in [0.1, 0.15) is 26.7 Å². The molecule has 0 aliphatic heterocycles. The summed E-state index contributed by atoms with van der Waals surface area (Å²) < 4.78 is 5.32. The van der Waals surface area contributed by atoms with E-state index in [0.717, 1.165) is 5.56 Å². The minimum Gasteiger partial charge on any atom is -0.339 e. The van der Waals surface area contributed by atoms with Crippen molar-refractivity contribution in [2.45, 2.75) is 33.2 Å². The molecule has 5 nitrogen and oxygen atoms in total. The van der Waals surface area contributed by atoms with Crippen molar-refractivity contribution >= 4 is 0 Å². The van der Waals surface area contributed by atoms with Gasteiger partial charge in [0, 0.05) is 30.4 Å². The molecular formula is C14H20N4O. The quantitative estimate of drug-likeness (QED) is 0.914. The van der Waals surface area contributed by atoms with E-state index in [2.05, 4.69) is 41.2 Å². The van der Waals surface area contributed by atoms with Crippen molar-refractivity contribution < 1.29 is 4.52 Å². The van der Waals surface area contributed by atoms with Crippen molar-refractivity contribution in [3.8, 4) is 11.4 Å². The fraction of sp³-hybridized carbons (Fsp3) is 0.500. The lowest BCUT2D eigenvalue weighted by Crippen LogP contribution is -2.39. The number of rotatable bonds is 4. The minimum atomic E-state index is 0.137. The Balaban J connectivity index is 2.14. The Hall–Kier alpha value is -1.75. The summed E-state index contributed by atoms with van der Waals surface area (Å²) in [5.74, 6) is 1.24. The third kappa shape index (κ3) is 3.38. The number of nitrogens with one attached hydrogen (secondary N) is 1. The molecule has 0 aromatic carbocycles. The standard InChI is InChI=1S/C14H20N4O/c1-14(2,3)11(15-4)8-12-17-13(18-19-12)10-6-5-7-16-9-10/h5-7,9,11,15H,8H2,1-4H3. The van der Waals surface area contributed by atoms with E-state index in [1.165, 1.54) is 0 Å². The van der Waals surface area contributed by atoms with Crippen molar-refractivity contribution in [3.63, 3.8) is 0 Å². The van der Waals surface area contributed by atoms with Crippen LogP contribution < -0.4 is 5.32 Å². The van der Waals surface area contributed by atoms with Crippen molar-refractivity contribution in [2.24, 2.45) is 5.41 Å². The molecule has 0 saturated carbocycles. The van der Waals surface area contributed by atoms with Crippen LogP contribution in [0.5, 0.6) is 0 Å². The van der Waals surface area contributed by atoms with Gasteiger partial charge in [-0.25, -0.2) is 0 Å². The van der Waals surface area contributed by atoms with Crippen LogP contribution in [0.4, 0.5) is 0 Å². The van der Waals surface area contributed by atoms with Crippen molar-refractivity contribution in [2.75, 3.05) is 7.05 Å². The highest BCUT2D eigenvalue weighted by Gasteiger charge is 2.25. The Labute approximate surface area is 113 Å². The van der Waals surface area contributed by atoms with E-state index < -0.39 is 0 Å². The lowest BCUT2D eigenvalue weighted by Gasteiger charge is -2.29. The van der Waals surface area contributed by atoms with Gasteiger partial charge in [-0.05, 0) is 24.6 Å². The summed E-state index contributed by atoms with van der Waals surface area (Å²) in [6, 6.07) is 4.06. The van der Waals surface area contributed by atoms with Gasteiger partial charge in [-0.15, -0.1) is 0 Å². The van der Waals surface area contributed by atoms with Crippen LogP contribution in [0, 0.1) is 5.41 Å². The van der Waals surface area contributed by atoms with E-state index >= 15 is 0 Å². The highest BCUT2D eigenvalue weighted by atomic mass is 16.5. The molecule has 1 unspecified atom stereocenters. The Morgan fingerprint density at radius 2 is 2.16 bits per heavy atom. The van der Waals surface area contributed by atoms with Crippen LogP contribution in [0.15, 0.2) is 29.0 Å². The maximum absolute atomic E-state index is 5.32. The summed E-state index contributed by atoms with van der Waals surface area (Å²) in [5, 5.41) is 7.30. The average Bonchev–Trinajstić information content (AvgIpc) is 2.84. The maximum atomic E-state index is 5.32. The van der Waals surface area contributed by atoms with Crippen LogP contribution >= 0.6 is 0 Å². The molecule has 1 atom stereocenters. The third-order valence-corrected chi connectivity index (χ3v) is 3.16. The molecule has 19 heavy (non-hydrogen) atoms. The molecule has 102 valence electrons. The zero-order valence-electron chi connectivity index (χ0n) is 11.8. The van der Waals surface area contributed by atoms with Gasteiger partial charge in [0.1, 0.15) is 0 Å².